The van der Waals surface area contributed by atoms with Crippen LogP contribution in [0.4, 0.5) is 4.39 Å². The van der Waals surface area contributed by atoms with Crippen LogP contribution in [0.2, 0.25) is 0 Å². The Morgan fingerprint density at radius 3 is 3.00 bits per heavy atom. The van der Waals surface area contributed by atoms with Gasteiger partial charge in [0.25, 0.3) is 5.91 Å². The minimum atomic E-state index is -1.06. The number of likely N-dealkylation sites (tertiary alicyclic amines) is 1. The van der Waals surface area contributed by atoms with Crippen molar-refractivity contribution in [3.05, 3.63) is 0 Å². The van der Waals surface area contributed by atoms with Crippen LogP contribution in [0, 0.1) is 12.3 Å². The average molecular weight is 171 g/mol. The minimum Gasteiger partial charge on any atom is -0.394 e. The van der Waals surface area contributed by atoms with Crippen molar-refractivity contribution in [1.29, 1.82) is 0 Å². The Balaban J connectivity index is 2.65. The lowest BCUT2D eigenvalue weighted by molar-refractivity contribution is -0.126. The quantitative estimate of drug-likeness (QED) is 0.543. The molecule has 1 amide bonds. The van der Waals surface area contributed by atoms with E-state index in [1.807, 2.05) is 5.92 Å². The molecule has 4 heteroatoms. The summed E-state index contributed by atoms with van der Waals surface area (Å²) in [5, 5.41) is 8.77. The third kappa shape index (κ3) is 1.56. The predicted octanol–water partition coefficient (Wildman–Crippen LogP) is -0.449. The highest BCUT2D eigenvalue weighted by Gasteiger charge is 2.33. The normalized spacial score (nSPS) is 28.6. The number of aliphatic hydroxyl groups is 1. The Morgan fingerprint density at radius 2 is 2.50 bits per heavy atom. The summed E-state index contributed by atoms with van der Waals surface area (Å²) in [5.74, 6) is 1.35. The first-order valence-corrected chi connectivity index (χ1v) is 3.71. The molecule has 0 unspecified atom stereocenters. The highest BCUT2D eigenvalue weighted by molar-refractivity contribution is 5.93. The first-order chi connectivity index (χ1) is 5.69. The Morgan fingerprint density at radius 1 is 1.83 bits per heavy atom. The lowest BCUT2D eigenvalue weighted by Gasteiger charge is -2.19. The van der Waals surface area contributed by atoms with Gasteiger partial charge in [-0.05, 0) is 5.92 Å². The zero-order valence-electron chi connectivity index (χ0n) is 6.53. The van der Waals surface area contributed by atoms with Gasteiger partial charge in [0.1, 0.15) is 6.17 Å². The number of carbonyl (C=O) groups is 1. The number of aliphatic hydroxyl groups excluding tert-OH is 1. The summed E-state index contributed by atoms with van der Waals surface area (Å²) >= 11 is 0. The smallest absolute Gasteiger partial charge is 0.298 e. The largest absolute Gasteiger partial charge is 0.394 e. The Hall–Kier alpha value is -1.08. The summed E-state index contributed by atoms with van der Waals surface area (Å²) in [4.78, 5) is 12.1. The molecule has 2 atom stereocenters. The molecule has 0 saturated carbocycles. The van der Waals surface area contributed by atoms with E-state index in [4.69, 9.17) is 11.5 Å². The van der Waals surface area contributed by atoms with E-state index in [9.17, 15) is 9.18 Å². The van der Waals surface area contributed by atoms with Gasteiger partial charge in [-0.25, -0.2) is 4.39 Å². The molecule has 1 heterocycles. The van der Waals surface area contributed by atoms with Crippen LogP contribution in [-0.4, -0.2) is 41.3 Å². The van der Waals surface area contributed by atoms with Gasteiger partial charge in [-0.15, -0.1) is 6.42 Å². The fourth-order valence-electron chi connectivity index (χ4n) is 1.36. The molecule has 0 aromatic carbocycles. The van der Waals surface area contributed by atoms with Crippen molar-refractivity contribution in [1.82, 2.24) is 4.90 Å². The second kappa shape index (κ2) is 3.55. The molecule has 1 saturated heterocycles. The number of hydrogen-bond acceptors (Lipinski definition) is 2. The molecular formula is C8H10FNO2. The third-order valence-corrected chi connectivity index (χ3v) is 1.96. The third-order valence-electron chi connectivity index (χ3n) is 1.96. The molecule has 0 spiro atoms. The van der Waals surface area contributed by atoms with Gasteiger partial charge in [-0.3, -0.25) is 4.79 Å². The van der Waals surface area contributed by atoms with Gasteiger partial charge < -0.3 is 10.0 Å². The molecule has 1 aliphatic rings. The van der Waals surface area contributed by atoms with Crippen LogP contribution < -0.4 is 0 Å². The van der Waals surface area contributed by atoms with Crippen molar-refractivity contribution in [2.24, 2.45) is 0 Å². The van der Waals surface area contributed by atoms with Crippen molar-refractivity contribution >= 4 is 5.91 Å². The molecule has 0 aromatic rings. The molecule has 0 radical (unpaired) electrons. The van der Waals surface area contributed by atoms with E-state index in [-0.39, 0.29) is 19.6 Å². The summed E-state index contributed by atoms with van der Waals surface area (Å²) in [5.41, 5.74) is 0. The molecule has 0 aliphatic carbocycles. The lowest BCUT2D eigenvalue weighted by Crippen LogP contribution is -2.36. The van der Waals surface area contributed by atoms with E-state index in [1.165, 1.54) is 4.90 Å². The van der Waals surface area contributed by atoms with Crippen molar-refractivity contribution in [3.63, 3.8) is 0 Å². The van der Waals surface area contributed by atoms with E-state index in [0.717, 1.165) is 0 Å². The molecule has 3 nitrogen and oxygen atoms in total. The van der Waals surface area contributed by atoms with Gasteiger partial charge in [-0.1, -0.05) is 0 Å². The van der Waals surface area contributed by atoms with E-state index < -0.39 is 18.1 Å². The first-order valence-electron chi connectivity index (χ1n) is 3.71. The topological polar surface area (TPSA) is 40.5 Å². The standard InChI is InChI=1S/C8H10FNO2/c1-2-8(12)10-4-6(9)3-7(10)5-11/h1,6-7,11H,3-5H2/t6-,7-/m0/s1. The number of nitrogens with zero attached hydrogens (tertiary/aromatic N) is 1. The van der Waals surface area contributed by atoms with Gasteiger partial charge in [0, 0.05) is 6.42 Å². The van der Waals surface area contributed by atoms with Crippen LogP contribution in [0.25, 0.3) is 0 Å². The lowest BCUT2D eigenvalue weighted by atomic mass is 10.2. The first kappa shape index (κ1) is 9.01. The molecule has 0 bridgehead atoms. The maximum absolute atomic E-state index is 12.7. The van der Waals surface area contributed by atoms with Gasteiger partial charge in [-0.2, -0.15) is 0 Å². The maximum atomic E-state index is 12.7. The predicted molar refractivity (Wildman–Crippen MR) is 40.9 cm³/mol. The number of halogens is 1. The molecule has 0 aromatic heterocycles. The van der Waals surface area contributed by atoms with Crippen LogP contribution in [0.15, 0.2) is 0 Å². The zero-order valence-corrected chi connectivity index (χ0v) is 6.53. The summed E-state index contributed by atoms with van der Waals surface area (Å²) in [6, 6.07) is -0.441. The molecule has 12 heavy (non-hydrogen) atoms. The van der Waals surface area contributed by atoms with Crippen LogP contribution in [0.1, 0.15) is 6.42 Å². The summed E-state index contributed by atoms with van der Waals surface area (Å²) in [6.07, 6.45) is 4.00. The molecular weight excluding hydrogens is 161 g/mol. The highest BCUT2D eigenvalue weighted by Crippen LogP contribution is 2.19. The number of carbonyl (C=O) groups excluding carboxylic acids is 1. The Kier molecular flexibility index (Phi) is 2.66. The van der Waals surface area contributed by atoms with Crippen molar-refractivity contribution < 1.29 is 14.3 Å². The average Bonchev–Trinajstić information content (AvgIpc) is 2.45. The minimum absolute atomic E-state index is 0.00819. The van der Waals surface area contributed by atoms with Gasteiger partial charge in [0.2, 0.25) is 0 Å². The van der Waals surface area contributed by atoms with Crippen LogP contribution in [0.5, 0.6) is 0 Å². The number of terminal acetylenes is 1. The summed E-state index contributed by atoms with van der Waals surface area (Å²) < 4.78 is 12.7. The van der Waals surface area contributed by atoms with Crippen LogP contribution in [0.3, 0.4) is 0 Å². The van der Waals surface area contributed by atoms with Crippen LogP contribution in [-0.2, 0) is 4.79 Å². The molecule has 1 rings (SSSR count). The molecule has 1 N–H and O–H groups in total. The molecule has 1 fully saturated rings. The molecule has 66 valence electrons. The number of alkyl halides is 1. The fraction of sp³-hybridized carbons (Fsp3) is 0.625. The second-order valence-electron chi connectivity index (χ2n) is 2.77. The number of amides is 1. The van der Waals surface area contributed by atoms with E-state index in [2.05, 4.69) is 0 Å². The van der Waals surface area contributed by atoms with E-state index in [1.54, 1.807) is 0 Å². The number of rotatable bonds is 1. The van der Waals surface area contributed by atoms with Crippen molar-refractivity contribution in [2.45, 2.75) is 18.6 Å². The highest BCUT2D eigenvalue weighted by atomic mass is 19.1. The SMILES string of the molecule is C#CC(=O)N1C[C@@H](F)C[C@H]1CO. The summed E-state index contributed by atoms with van der Waals surface area (Å²) in [6.45, 7) is -0.220. The fourth-order valence-corrected chi connectivity index (χ4v) is 1.36. The maximum Gasteiger partial charge on any atom is 0.298 e. The van der Waals surface area contributed by atoms with Crippen molar-refractivity contribution in [3.8, 4) is 12.3 Å². The zero-order chi connectivity index (χ0) is 9.14. The Labute approximate surface area is 70.2 Å². The Bertz CT molecular complexity index is 224. The van der Waals surface area contributed by atoms with Gasteiger partial charge in [0.05, 0.1) is 19.2 Å². The van der Waals surface area contributed by atoms with Crippen molar-refractivity contribution in [2.75, 3.05) is 13.2 Å². The van der Waals surface area contributed by atoms with Gasteiger partial charge in [0.15, 0.2) is 0 Å². The van der Waals surface area contributed by atoms with E-state index >= 15 is 0 Å². The van der Waals surface area contributed by atoms with Crippen LogP contribution >= 0.6 is 0 Å². The molecule has 1 aliphatic heterocycles. The second-order valence-corrected chi connectivity index (χ2v) is 2.77. The van der Waals surface area contributed by atoms with E-state index in [0.29, 0.717) is 0 Å². The monoisotopic (exact) mass is 171 g/mol. The summed E-state index contributed by atoms with van der Waals surface area (Å²) in [7, 11) is 0. The number of hydrogen-bond donors (Lipinski definition) is 1. The van der Waals surface area contributed by atoms with Gasteiger partial charge >= 0.3 is 0 Å².